The summed E-state index contributed by atoms with van der Waals surface area (Å²) >= 11 is 0. The lowest BCUT2D eigenvalue weighted by Crippen LogP contribution is -2.38. The second-order valence-corrected chi connectivity index (χ2v) is 6.78. The number of hydrogen-bond acceptors (Lipinski definition) is 4. The Bertz CT molecular complexity index is 420. The number of amides is 1. The van der Waals surface area contributed by atoms with Crippen LogP contribution in [0.25, 0.3) is 0 Å². The lowest BCUT2D eigenvalue weighted by atomic mass is 9.99. The molecule has 0 aromatic heterocycles. The van der Waals surface area contributed by atoms with E-state index in [2.05, 4.69) is 0 Å². The molecule has 0 spiro atoms. The van der Waals surface area contributed by atoms with Crippen molar-refractivity contribution in [2.45, 2.75) is 59.7 Å². The van der Waals surface area contributed by atoms with Gasteiger partial charge in [0, 0.05) is 18.0 Å². The highest BCUT2D eigenvalue weighted by atomic mass is 16.6. The van der Waals surface area contributed by atoms with E-state index < -0.39 is 5.60 Å². The average Bonchev–Trinajstić information content (AvgIpc) is 2.46. The van der Waals surface area contributed by atoms with Crippen LogP contribution in [-0.2, 0) is 14.3 Å². The second kappa shape index (κ2) is 6.96. The summed E-state index contributed by atoms with van der Waals surface area (Å²) in [5.74, 6) is -0.0684. The van der Waals surface area contributed by atoms with E-state index in [1.807, 2.05) is 41.5 Å². The van der Waals surface area contributed by atoms with Crippen LogP contribution in [0.15, 0.2) is 11.8 Å². The van der Waals surface area contributed by atoms with Crippen molar-refractivity contribution in [3.8, 4) is 0 Å². The van der Waals surface area contributed by atoms with Gasteiger partial charge in [-0.15, -0.1) is 0 Å². The van der Waals surface area contributed by atoms with Gasteiger partial charge in [-0.3, -0.25) is 4.79 Å². The Hall–Kier alpha value is -1.52. The molecule has 5 nitrogen and oxygen atoms in total. The number of rotatable bonds is 2. The van der Waals surface area contributed by atoms with Crippen molar-refractivity contribution < 1.29 is 19.1 Å². The van der Waals surface area contributed by atoms with Crippen molar-refractivity contribution in [1.82, 2.24) is 4.90 Å². The molecule has 120 valence electrons. The zero-order chi connectivity index (χ0) is 16.2. The number of ether oxygens (including phenoxy) is 2. The first kappa shape index (κ1) is 17.5. The molecule has 1 atom stereocenters. The van der Waals surface area contributed by atoms with Gasteiger partial charge >= 0.3 is 6.09 Å². The van der Waals surface area contributed by atoms with Crippen LogP contribution in [0.4, 0.5) is 4.79 Å². The maximum atomic E-state index is 12.3. The molecule has 1 aliphatic rings. The molecule has 0 aliphatic carbocycles. The molecule has 1 aliphatic heterocycles. The minimum atomic E-state index is -0.544. The lowest BCUT2D eigenvalue weighted by Gasteiger charge is -2.26. The molecule has 0 aromatic carbocycles. The van der Waals surface area contributed by atoms with Gasteiger partial charge in [0.1, 0.15) is 5.60 Å². The molecule has 1 heterocycles. The van der Waals surface area contributed by atoms with Crippen molar-refractivity contribution in [2.75, 3.05) is 13.1 Å². The summed E-state index contributed by atoms with van der Waals surface area (Å²) in [4.78, 5) is 26.0. The van der Waals surface area contributed by atoms with Crippen LogP contribution < -0.4 is 0 Å². The molecular weight excluding hydrogens is 270 g/mol. The fourth-order valence-electron chi connectivity index (χ4n) is 1.96. The smallest absolute Gasteiger partial charge is 0.410 e. The van der Waals surface area contributed by atoms with E-state index in [9.17, 15) is 9.59 Å². The van der Waals surface area contributed by atoms with Crippen molar-refractivity contribution in [3.05, 3.63) is 11.8 Å². The van der Waals surface area contributed by atoms with Crippen LogP contribution in [0.3, 0.4) is 0 Å². The Morgan fingerprint density at radius 2 is 2.00 bits per heavy atom. The van der Waals surface area contributed by atoms with Crippen LogP contribution in [0.1, 0.15) is 48.0 Å². The number of carbonyl (C=O) groups is 2. The summed E-state index contributed by atoms with van der Waals surface area (Å²) < 4.78 is 10.8. The summed E-state index contributed by atoms with van der Waals surface area (Å²) in [6.07, 6.45) is 1.74. The second-order valence-electron chi connectivity index (χ2n) is 6.78. The summed E-state index contributed by atoms with van der Waals surface area (Å²) in [7, 11) is 0. The van der Waals surface area contributed by atoms with Crippen LogP contribution >= 0.6 is 0 Å². The van der Waals surface area contributed by atoms with Crippen LogP contribution in [0, 0.1) is 5.92 Å². The number of nitrogens with zero attached hydrogens (tertiary/aromatic N) is 1. The number of ketones is 1. The van der Waals surface area contributed by atoms with Crippen molar-refractivity contribution in [1.29, 1.82) is 0 Å². The molecule has 1 unspecified atom stereocenters. The monoisotopic (exact) mass is 297 g/mol. The Labute approximate surface area is 127 Å². The molecule has 1 fully saturated rings. The van der Waals surface area contributed by atoms with Gasteiger partial charge in [-0.25, -0.2) is 4.79 Å². The Morgan fingerprint density at radius 3 is 2.52 bits per heavy atom. The van der Waals surface area contributed by atoms with E-state index in [-0.39, 0.29) is 30.4 Å². The fraction of sp³-hybridized carbons (Fsp3) is 0.750. The van der Waals surface area contributed by atoms with Crippen LogP contribution in [-0.4, -0.2) is 41.6 Å². The van der Waals surface area contributed by atoms with Gasteiger partial charge < -0.3 is 14.4 Å². The molecule has 0 saturated carbocycles. The first-order valence-electron chi connectivity index (χ1n) is 7.47. The van der Waals surface area contributed by atoms with E-state index in [4.69, 9.17) is 9.47 Å². The van der Waals surface area contributed by atoms with Crippen molar-refractivity contribution in [3.63, 3.8) is 0 Å². The minimum Gasteiger partial charge on any atom is -0.498 e. The predicted octanol–water partition coefficient (Wildman–Crippen LogP) is 3.14. The van der Waals surface area contributed by atoms with Gasteiger partial charge in [-0.2, -0.15) is 0 Å². The van der Waals surface area contributed by atoms with Gasteiger partial charge in [0.2, 0.25) is 0 Å². The van der Waals surface area contributed by atoms with Crippen molar-refractivity contribution in [2.24, 2.45) is 5.92 Å². The quantitative estimate of drug-likeness (QED) is 0.580. The highest BCUT2D eigenvalue weighted by molar-refractivity contribution is 5.97. The molecule has 0 aromatic rings. The topological polar surface area (TPSA) is 55.8 Å². The van der Waals surface area contributed by atoms with Gasteiger partial charge in [-0.1, -0.05) is 6.92 Å². The molecule has 5 heteroatoms. The SMILES string of the molecule is CC(C)OC=C1CN(C(=O)OC(C)(C)C)CCC(C)C1=O. The van der Waals surface area contributed by atoms with Crippen LogP contribution in [0.5, 0.6) is 0 Å². The van der Waals surface area contributed by atoms with E-state index in [1.165, 1.54) is 6.26 Å². The third kappa shape index (κ3) is 5.78. The lowest BCUT2D eigenvalue weighted by molar-refractivity contribution is -0.118. The average molecular weight is 297 g/mol. The van der Waals surface area contributed by atoms with Crippen LogP contribution in [0.2, 0.25) is 0 Å². The largest absolute Gasteiger partial charge is 0.498 e. The molecule has 1 amide bonds. The molecule has 1 rings (SSSR count). The van der Waals surface area contributed by atoms with E-state index in [1.54, 1.807) is 4.90 Å². The maximum Gasteiger partial charge on any atom is 0.410 e. The Kier molecular flexibility index (Phi) is 5.81. The van der Waals surface area contributed by atoms with Gasteiger partial charge in [0.05, 0.1) is 18.9 Å². The first-order chi connectivity index (χ1) is 9.60. The Morgan fingerprint density at radius 1 is 1.38 bits per heavy atom. The summed E-state index contributed by atoms with van der Waals surface area (Å²) in [5, 5.41) is 0. The molecule has 1 saturated heterocycles. The predicted molar refractivity (Wildman–Crippen MR) is 80.9 cm³/mol. The molecule has 21 heavy (non-hydrogen) atoms. The fourth-order valence-corrected chi connectivity index (χ4v) is 1.96. The third-order valence-electron chi connectivity index (χ3n) is 3.09. The summed E-state index contributed by atoms with van der Waals surface area (Å²) in [5.41, 5.74) is -0.0170. The van der Waals surface area contributed by atoms with Gasteiger partial charge in [0.15, 0.2) is 5.78 Å². The Balaban J connectivity index is 2.86. The molecule has 0 N–H and O–H groups in total. The molecule has 0 radical (unpaired) electrons. The zero-order valence-electron chi connectivity index (χ0n) is 13.9. The zero-order valence-corrected chi connectivity index (χ0v) is 13.9. The standard InChI is InChI=1S/C16H27NO4/c1-11(2)20-10-13-9-17(8-7-12(3)14(13)18)15(19)21-16(4,5)6/h10-12H,7-9H2,1-6H3. The summed E-state index contributed by atoms with van der Waals surface area (Å²) in [6.45, 7) is 11.9. The highest BCUT2D eigenvalue weighted by Gasteiger charge is 2.30. The van der Waals surface area contributed by atoms with Gasteiger partial charge in [0.25, 0.3) is 0 Å². The first-order valence-corrected chi connectivity index (χ1v) is 7.47. The highest BCUT2D eigenvalue weighted by Crippen LogP contribution is 2.20. The normalized spacial score (nSPS) is 22.4. The maximum absolute atomic E-state index is 12.3. The number of Topliss-reactive ketones (excluding diaryl/α,β-unsaturated/α-hetero) is 1. The number of likely N-dealkylation sites (tertiary alicyclic amines) is 1. The van der Waals surface area contributed by atoms with E-state index in [0.717, 1.165) is 0 Å². The summed E-state index contributed by atoms with van der Waals surface area (Å²) in [6, 6.07) is 0. The van der Waals surface area contributed by atoms with E-state index >= 15 is 0 Å². The third-order valence-corrected chi connectivity index (χ3v) is 3.09. The minimum absolute atomic E-state index is 0.00108. The number of hydrogen-bond donors (Lipinski definition) is 0. The van der Waals surface area contributed by atoms with E-state index in [0.29, 0.717) is 18.5 Å². The molecule has 0 bridgehead atoms. The van der Waals surface area contributed by atoms with Crippen molar-refractivity contribution >= 4 is 11.9 Å². The number of carbonyl (C=O) groups excluding carboxylic acids is 2. The van der Waals surface area contributed by atoms with Gasteiger partial charge in [-0.05, 0) is 41.0 Å². The molecular formula is C16H27NO4.